The molecule has 22 heavy (non-hydrogen) atoms. The molecule has 1 unspecified atom stereocenters. The fraction of sp³-hybridized carbons (Fsp3) is 0.400. The highest BCUT2D eigenvalue weighted by Crippen LogP contribution is 2.13. The summed E-state index contributed by atoms with van der Waals surface area (Å²) in [7, 11) is 0. The lowest BCUT2D eigenvalue weighted by atomic mass is 10.1. The van der Waals surface area contributed by atoms with E-state index in [1.165, 1.54) is 37.3 Å². The average molecular weight is 294 g/mol. The Kier molecular flexibility index (Phi) is 5.25. The highest BCUT2D eigenvalue weighted by Gasteiger charge is 2.21. The summed E-state index contributed by atoms with van der Waals surface area (Å²) in [5.41, 5.74) is 2.87. The van der Waals surface area contributed by atoms with Gasteiger partial charge in [0.15, 0.2) is 0 Å². The molecular weight excluding hydrogens is 268 g/mol. The van der Waals surface area contributed by atoms with Gasteiger partial charge in [-0.1, -0.05) is 60.7 Å². The number of hydrogen-bond donors (Lipinski definition) is 0. The molecule has 1 saturated heterocycles. The molecular formula is C20H26N2. The fourth-order valence-electron chi connectivity index (χ4n) is 3.29. The second kappa shape index (κ2) is 7.57. The molecule has 116 valence electrons. The molecule has 0 radical (unpaired) electrons. The molecule has 0 aliphatic carbocycles. The summed E-state index contributed by atoms with van der Waals surface area (Å²) in [4.78, 5) is 5.20. The molecule has 1 heterocycles. The van der Waals surface area contributed by atoms with Crippen LogP contribution in [0.3, 0.4) is 0 Å². The van der Waals surface area contributed by atoms with Gasteiger partial charge in [0.1, 0.15) is 0 Å². The Balaban J connectivity index is 1.47. The van der Waals surface area contributed by atoms with E-state index >= 15 is 0 Å². The molecule has 2 nitrogen and oxygen atoms in total. The van der Waals surface area contributed by atoms with Gasteiger partial charge in [-0.2, -0.15) is 0 Å². The Morgan fingerprint density at radius 2 is 1.32 bits per heavy atom. The molecule has 2 heteroatoms. The summed E-state index contributed by atoms with van der Waals surface area (Å²) in [6.07, 6.45) is 1.15. The first-order valence-electron chi connectivity index (χ1n) is 8.35. The number of hydrogen-bond acceptors (Lipinski definition) is 2. The van der Waals surface area contributed by atoms with Crippen LogP contribution in [0.25, 0.3) is 0 Å². The van der Waals surface area contributed by atoms with Crippen LogP contribution in [0.2, 0.25) is 0 Å². The Morgan fingerprint density at radius 3 is 1.91 bits per heavy atom. The summed E-state index contributed by atoms with van der Waals surface area (Å²) < 4.78 is 0. The van der Waals surface area contributed by atoms with E-state index in [0.29, 0.717) is 6.04 Å². The zero-order valence-corrected chi connectivity index (χ0v) is 13.5. The van der Waals surface area contributed by atoms with Gasteiger partial charge in [0, 0.05) is 38.8 Å². The van der Waals surface area contributed by atoms with Crippen molar-refractivity contribution in [3.05, 3.63) is 71.8 Å². The third-order valence-electron chi connectivity index (χ3n) is 4.65. The van der Waals surface area contributed by atoms with Crippen molar-refractivity contribution in [3.8, 4) is 0 Å². The lowest BCUT2D eigenvalue weighted by Gasteiger charge is -2.38. The van der Waals surface area contributed by atoms with Crippen LogP contribution < -0.4 is 0 Å². The van der Waals surface area contributed by atoms with Gasteiger partial charge >= 0.3 is 0 Å². The van der Waals surface area contributed by atoms with E-state index in [4.69, 9.17) is 0 Å². The van der Waals surface area contributed by atoms with Crippen molar-refractivity contribution >= 4 is 0 Å². The van der Waals surface area contributed by atoms with Crippen molar-refractivity contribution in [1.29, 1.82) is 0 Å². The van der Waals surface area contributed by atoms with Gasteiger partial charge in [-0.15, -0.1) is 0 Å². The summed E-state index contributed by atoms with van der Waals surface area (Å²) in [6, 6.07) is 22.3. The van der Waals surface area contributed by atoms with Crippen molar-refractivity contribution in [2.24, 2.45) is 0 Å². The van der Waals surface area contributed by atoms with Crippen molar-refractivity contribution in [2.45, 2.75) is 25.9 Å². The van der Waals surface area contributed by atoms with Crippen LogP contribution in [0.1, 0.15) is 18.1 Å². The minimum atomic E-state index is 0.626. The van der Waals surface area contributed by atoms with E-state index in [1.54, 1.807) is 0 Å². The SMILES string of the molecule is CC(Cc1ccccc1)N1CCN(Cc2ccccc2)CC1. The first-order valence-corrected chi connectivity index (χ1v) is 8.35. The molecule has 0 amide bonds. The zero-order chi connectivity index (χ0) is 15.2. The standard InChI is InChI=1S/C20H26N2/c1-18(16-19-8-4-2-5-9-19)22-14-12-21(13-15-22)17-20-10-6-3-7-11-20/h2-11,18H,12-17H2,1H3. The molecule has 1 aliphatic heterocycles. The molecule has 1 fully saturated rings. The van der Waals surface area contributed by atoms with Crippen LogP contribution >= 0.6 is 0 Å². The molecule has 2 aromatic rings. The van der Waals surface area contributed by atoms with Gasteiger partial charge in [-0.05, 0) is 24.5 Å². The second-order valence-corrected chi connectivity index (χ2v) is 6.34. The fourth-order valence-corrected chi connectivity index (χ4v) is 3.29. The highest BCUT2D eigenvalue weighted by molar-refractivity contribution is 5.16. The Labute approximate surface area is 134 Å². The Hall–Kier alpha value is -1.64. The van der Waals surface area contributed by atoms with Gasteiger partial charge in [-0.25, -0.2) is 0 Å². The first-order chi connectivity index (χ1) is 10.8. The molecule has 0 bridgehead atoms. The van der Waals surface area contributed by atoms with E-state index in [2.05, 4.69) is 77.4 Å². The maximum absolute atomic E-state index is 2.63. The largest absolute Gasteiger partial charge is 0.298 e. The van der Waals surface area contributed by atoms with E-state index in [1.807, 2.05) is 0 Å². The summed E-state index contributed by atoms with van der Waals surface area (Å²) >= 11 is 0. The predicted molar refractivity (Wildman–Crippen MR) is 92.9 cm³/mol. The Bertz CT molecular complexity index is 544. The highest BCUT2D eigenvalue weighted by atomic mass is 15.3. The molecule has 3 rings (SSSR count). The number of benzene rings is 2. The maximum atomic E-state index is 2.63. The summed E-state index contributed by atoms with van der Waals surface area (Å²) in [5.74, 6) is 0. The van der Waals surface area contributed by atoms with Gasteiger partial charge in [-0.3, -0.25) is 9.80 Å². The number of piperazine rings is 1. The third-order valence-corrected chi connectivity index (χ3v) is 4.65. The van der Waals surface area contributed by atoms with Crippen molar-refractivity contribution in [2.75, 3.05) is 26.2 Å². The average Bonchev–Trinajstić information content (AvgIpc) is 2.57. The topological polar surface area (TPSA) is 6.48 Å². The monoisotopic (exact) mass is 294 g/mol. The van der Waals surface area contributed by atoms with E-state index < -0.39 is 0 Å². The maximum Gasteiger partial charge on any atom is 0.0234 e. The van der Waals surface area contributed by atoms with Gasteiger partial charge < -0.3 is 0 Å². The van der Waals surface area contributed by atoms with Crippen molar-refractivity contribution in [1.82, 2.24) is 9.80 Å². The third kappa shape index (κ3) is 4.19. The number of rotatable bonds is 5. The predicted octanol–water partition coefficient (Wildman–Crippen LogP) is 3.44. The molecule has 0 spiro atoms. The smallest absolute Gasteiger partial charge is 0.0234 e. The van der Waals surface area contributed by atoms with Crippen LogP contribution in [0.4, 0.5) is 0 Å². The molecule has 1 atom stereocenters. The lowest BCUT2D eigenvalue weighted by molar-refractivity contribution is 0.0978. The molecule has 0 saturated carbocycles. The Morgan fingerprint density at radius 1 is 0.773 bits per heavy atom. The minimum Gasteiger partial charge on any atom is -0.298 e. The molecule has 1 aliphatic rings. The van der Waals surface area contributed by atoms with E-state index in [-0.39, 0.29) is 0 Å². The second-order valence-electron chi connectivity index (χ2n) is 6.34. The van der Waals surface area contributed by atoms with Gasteiger partial charge in [0.05, 0.1) is 0 Å². The molecule has 0 N–H and O–H groups in total. The van der Waals surface area contributed by atoms with E-state index in [9.17, 15) is 0 Å². The number of nitrogens with zero attached hydrogens (tertiary/aromatic N) is 2. The first kappa shape index (κ1) is 15.3. The molecule has 0 aromatic heterocycles. The summed E-state index contributed by atoms with van der Waals surface area (Å²) in [5, 5.41) is 0. The van der Waals surface area contributed by atoms with Gasteiger partial charge in [0.2, 0.25) is 0 Å². The quantitative estimate of drug-likeness (QED) is 0.833. The molecule has 2 aromatic carbocycles. The lowest BCUT2D eigenvalue weighted by Crippen LogP contribution is -2.49. The van der Waals surface area contributed by atoms with E-state index in [0.717, 1.165) is 13.0 Å². The van der Waals surface area contributed by atoms with Gasteiger partial charge in [0.25, 0.3) is 0 Å². The zero-order valence-electron chi connectivity index (χ0n) is 13.5. The van der Waals surface area contributed by atoms with Crippen LogP contribution in [-0.2, 0) is 13.0 Å². The minimum absolute atomic E-state index is 0.626. The van der Waals surface area contributed by atoms with Crippen molar-refractivity contribution < 1.29 is 0 Å². The summed E-state index contributed by atoms with van der Waals surface area (Å²) in [6.45, 7) is 8.16. The van der Waals surface area contributed by atoms with Crippen LogP contribution in [0, 0.1) is 0 Å². The normalized spacial score (nSPS) is 18.2. The van der Waals surface area contributed by atoms with Crippen LogP contribution in [-0.4, -0.2) is 42.0 Å². The van der Waals surface area contributed by atoms with Crippen LogP contribution in [0.15, 0.2) is 60.7 Å². The van der Waals surface area contributed by atoms with Crippen molar-refractivity contribution in [3.63, 3.8) is 0 Å². The van der Waals surface area contributed by atoms with Crippen LogP contribution in [0.5, 0.6) is 0 Å².